The van der Waals surface area contributed by atoms with E-state index in [9.17, 15) is 9.59 Å². The first-order valence-electron chi connectivity index (χ1n) is 8.28. The van der Waals surface area contributed by atoms with E-state index in [4.69, 9.17) is 4.74 Å². The van der Waals surface area contributed by atoms with Gasteiger partial charge in [-0.05, 0) is 30.9 Å². The zero-order valence-electron chi connectivity index (χ0n) is 13.9. The maximum atomic E-state index is 12.4. The van der Waals surface area contributed by atoms with Crippen LogP contribution in [-0.2, 0) is 20.7 Å². The number of H-pyrrole nitrogens is 1. The van der Waals surface area contributed by atoms with E-state index in [1.807, 2.05) is 24.4 Å². The maximum Gasteiger partial charge on any atom is 0.235 e. The Morgan fingerprint density at radius 2 is 1.88 bits per heavy atom. The van der Waals surface area contributed by atoms with Gasteiger partial charge in [0.2, 0.25) is 11.8 Å². The van der Waals surface area contributed by atoms with Gasteiger partial charge in [-0.1, -0.05) is 18.2 Å². The molecule has 0 aliphatic heterocycles. The van der Waals surface area contributed by atoms with Crippen molar-refractivity contribution in [3.05, 3.63) is 36.0 Å². The van der Waals surface area contributed by atoms with Crippen molar-refractivity contribution in [1.29, 1.82) is 0 Å². The molecule has 0 saturated heterocycles. The molecular formula is C18H23N3O3. The fourth-order valence-corrected chi connectivity index (χ4v) is 2.94. The Labute approximate surface area is 141 Å². The van der Waals surface area contributed by atoms with E-state index in [0.717, 1.165) is 11.9 Å². The highest BCUT2D eigenvalue weighted by atomic mass is 16.5. The zero-order valence-corrected chi connectivity index (χ0v) is 13.9. The van der Waals surface area contributed by atoms with Crippen LogP contribution >= 0.6 is 0 Å². The summed E-state index contributed by atoms with van der Waals surface area (Å²) in [6.07, 6.45) is 3.94. The van der Waals surface area contributed by atoms with Crippen molar-refractivity contribution in [2.24, 2.45) is 5.41 Å². The van der Waals surface area contributed by atoms with Gasteiger partial charge in [0.15, 0.2) is 0 Å². The fraction of sp³-hybridized carbons (Fsp3) is 0.444. The third kappa shape index (κ3) is 3.28. The van der Waals surface area contributed by atoms with Crippen LogP contribution in [0.5, 0.6) is 0 Å². The van der Waals surface area contributed by atoms with Crippen molar-refractivity contribution in [2.45, 2.75) is 19.3 Å². The summed E-state index contributed by atoms with van der Waals surface area (Å²) in [5.74, 6) is -0.360. The SMILES string of the molecule is COCCNC(=O)C1(C(=O)NCCc2c[nH]c3ccccc23)CC1. The molecule has 6 heteroatoms. The average molecular weight is 329 g/mol. The van der Waals surface area contributed by atoms with Gasteiger partial charge in [0.05, 0.1) is 6.61 Å². The Hall–Kier alpha value is -2.34. The molecule has 24 heavy (non-hydrogen) atoms. The third-order valence-corrected chi connectivity index (χ3v) is 4.57. The molecule has 1 heterocycles. The van der Waals surface area contributed by atoms with Crippen LogP contribution in [0.4, 0.5) is 0 Å². The second kappa shape index (κ2) is 7.05. The number of fused-ring (bicyclic) bond motifs is 1. The molecule has 0 bridgehead atoms. The molecule has 3 rings (SSSR count). The van der Waals surface area contributed by atoms with Crippen molar-refractivity contribution in [3.63, 3.8) is 0 Å². The maximum absolute atomic E-state index is 12.4. The predicted molar refractivity (Wildman–Crippen MR) is 91.6 cm³/mol. The van der Waals surface area contributed by atoms with Crippen LogP contribution in [0.3, 0.4) is 0 Å². The first-order chi connectivity index (χ1) is 11.7. The van der Waals surface area contributed by atoms with E-state index < -0.39 is 5.41 Å². The van der Waals surface area contributed by atoms with Crippen molar-refractivity contribution < 1.29 is 14.3 Å². The summed E-state index contributed by atoms with van der Waals surface area (Å²) >= 11 is 0. The van der Waals surface area contributed by atoms with Crippen molar-refractivity contribution >= 4 is 22.7 Å². The Morgan fingerprint density at radius 1 is 1.17 bits per heavy atom. The lowest BCUT2D eigenvalue weighted by Gasteiger charge is -2.15. The number of carbonyl (C=O) groups excluding carboxylic acids is 2. The van der Waals surface area contributed by atoms with Gasteiger partial charge < -0.3 is 20.4 Å². The van der Waals surface area contributed by atoms with Gasteiger partial charge in [-0.2, -0.15) is 0 Å². The fourth-order valence-electron chi connectivity index (χ4n) is 2.94. The van der Waals surface area contributed by atoms with Gasteiger partial charge in [0, 0.05) is 37.3 Å². The highest BCUT2D eigenvalue weighted by molar-refractivity contribution is 6.07. The molecule has 2 aromatic rings. The van der Waals surface area contributed by atoms with Crippen LogP contribution in [0.25, 0.3) is 10.9 Å². The molecule has 128 valence electrons. The summed E-state index contributed by atoms with van der Waals surface area (Å²) in [7, 11) is 1.58. The van der Waals surface area contributed by atoms with Crippen LogP contribution in [-0.4, -0.2) is 43.6 Å². The number of methoxy groups -OCH3 is 1. The minimum atomic E-state index is -0.867. The number of aromatic amines is 1. The standard InChI is InChI=1S/C18H23N3O3/c1-24-11-10-20-17(23)18(7-8-18)16(22)19-9-6-13-12-21-15-5-3-2-4-14(13)15/h2-5,12,21H,6-11H2,1H3,(H,19,22)(H,20,23). The van der Waals surface area contributed by atoms with Gasteiger partial charge >= 0.3 is 0 Å². The molecule has 0 radical (unpaired) electrons. The lowest BCUT2D eigenvalue weighted by Crippen LogP contribution is -2.44. The molecular weight excluding hydrogens is 306 g/mol. The number of amides is 2. The highest BCUT2D eigenvalue weighted by Crippen LogP contribution is 2.46. The van der Waals surface area contributed by atoms with Gasteiger partial charge in [-0.3, -0.25) is 9.59 Å². The molecule has 1 aliphatic carbocycles. The van der Waals surface area contributed by atoms with E-state index in [1.165, 1.54) is 10.9 Å². The Morgan fingerprint density at radius 3 is 2.58 bits per heavy atom. The Kier molecular flexibility index (Phi) is 4.85. The largest absolute Gasteiger partial charge is 0.383 e. The van der Waals surface area contributed by atoms with E-state index >= 15 is 0 Å². The lowest BCUT2D eigenvalue weighted by molar-refractivity contribution is -0.137. The smallest absolute Gasteiger partial charge is 0.235 e. The zero-order chi connectivity index (χ0) is 17.0. The minimum absolute atomic E-state index is 0.169. The summed E-state index contributed by atoms with van der Waals surface area (Å²) in [4.78, 5) is 27.8. The third-order valence-electron chi connectivity index (χ3n) is 4.57. The minimum Gasteiger partial charge on any atom is -0.383 e. The lowest BCUT2D eigenvalue weighted by atomic mass is 10.0. The molecule has 0 unspecified atom stereocenters. The number of carbonyl (C=O) groups is 2. The number of hydrogen-bond acceptors (Lipinski definition) is 3. The molecule has 1 fully saturated rings. The van der Waals surface area contributed by atoms with Crippen molar-refractivity contribution in [1.82, 2.24) is 15.6 Å². The highest BCUT2D eigenvalue weighted by Gasteiger charge is 2.56. The molecule has 1 aliphatic rings. The van der Waals surface area contributed by atoms with Gasteiger partial charge in [-0.15, -0.1) is 0 Å². The van der Waals surface area contributed by atoms with Crippen molar-refractivity contribution in [2.75, 3.05) is 26.8 Å². The van der Waals surface area contributed by atoms with E-state index in [0.29, 0.717) is 32.5 Å². The molecule has 3 N–H and O–H groups in total. The number of para-hydroxylation sites is 1. The topological polar surface area (TPSA) is 83.2 Å². The van der Waals surface area contributed by atoms with E-state index in [1.54, 1.807) is 7.11 Å². The summed E-state index contributed by atoms with van der Waals surface area (Å²) < 4.78 is 4.91. The van der Waals surface area contributed by atoms with E-state index in [-0.39, 0.29) is 11.8 Å². The first-order valence-corrected chi connectivity index (χ1v) is 8.28. The second-order valence-electron chi connectivity index (χ2n) is 6.20. The Bertz CT molecular complexity index is 734. The molecule has 0 spiro atoms. The summed E-state index contributed by atoms with van der Waals surface area (Å²) in [6, 6.07) is 8.08. The average Bonchev–Trinajstić information content (AvgIpc) is 3.32. The molecule has 1 aromatic carbocycles. The normalized spacial score (nSPS) is 15.2. The van der Waals surface area contributed by atoms with Gasteiger partial charge in [0.1, 0.15) is 5.41 Å². The summed E-state index contributed by atoms with van der Waals surface area (Å²) in [5, 5.41) is 6.85. The quantitative estimate of drug-likeness (QED) is 0.505. The van der Waals surface area contributed by atoms with Crippen molar-refractivity contribution in [3.8, 4) is 0 Å². The molecule has 0 atom stereocenters. The summed E-state index contributed by atoms with van der Waals surface area (Å²) in [5.41, 5.74) is 1.39. The Balaban J connectivity index is 1.51. The van der Waals surface area contributed by atoms with Crippen LogP contribution in [0.2, 0.25) is 0 Å². The van der Waals surface area contributed by atoms with Crippen LogP contribution in [0, 0.1) is 5.41 Å². The monoisotopic (exact) mass is 329 g/mol. The number of hydrogen-bond donors (Lipinski definition) is 3. The number of nitrogens with one attached hydrogen (secondary N) is 3. The first kappa shape index (κ1) is 16.5. The molecule has 1 saturated carbocycles. The van der Waals surface area contributed by atoms with Gasteiger partial charge in [0.25, 0.3) is 0 Å². The van der Waals surface area contributed by atoms with Crippen LogP contribution in [0.1, 0.15) is 18.4 Å². The van der Waals surface area contributed by atoms with Crippen LogP contribution in [0.15, 0.2) is 30.5 Å². The second-order valence-corrected chi connectivity index (χ2v) is 6.20. The van der Waals surface area contributed by atoms with Crippen LogP contribution < -0.4 is 10.6 Å². The summed E-state index contributed by atoms with van der Waals surface area (Å²) in [6.45, 7) is 1.40. The van der Waals surface area contributed by atoms with E-state index in [2.05, 4.69) is 21.7 Å². The molecule has 2 amide bonds. The predicted octanol–water partition coefficient (Wildman–Crippen LogP) is 1.37. The number of ether oxygens (including phenoxy) is 1. The molecule has 1 aromatic heterocycles. The number of aromatic nitrogens is 1. The van der Waals surface area contributed by atoms with Gasteiger partial charge in [-0.25, -0.2) is 0 Å². The number of benzene rings is 1. The number of rotatable bonds is 8. The molecule has 6 nitrogen and oxygen atoms in total.